The van der Waals surface area contributed by atoms with Gasteiger partial charge in [0.05, 0.1) is 23.6 Å². The molecule has 2 rings (SSSR count). The second-order valence-electron chi connectivity index (χ2n) is 11.0. The van der Waals surface area contributed by atoms with E-state index in [-0.39, 0.29) is 41.4 Å². The Balaban J connectivity index is 2.68. The molecule has 0 spiro atoms. The molecule has 11 nitrogen and oxygen atoms in total. The van der Waals surface area contributed by atoms with Crippen molar-refractivity contribution in [3.8, 4) is 0 Å². The van der Waals surface area contributed by atoms with E-state index in [0.717, 1.165) is 11.0 Å². The lowest BCUT2D eigenvalue weighted by molar-refractivity contribution is -0.127. The van der Waals surface area contributed by atoms with Gasteiger partial charge in [-0.15, -0.1) is 6.58 Å². The summed E-state index contributed by atoms with van der Waals surface area (Å²) in [5.74, 6) is -2.00. The first-order chi connectivity index (χ1) is 20.3. The van der Waals surface area contributed by atoms with Crippen LogP contribution in [-0.4, -0.2) is 85.8 Å². The van der Waals surface area contributed by atoms with Crippen LogP contribution in [0.25, 0.3) is 0 Å². The number of Topliss-reactive ketones (excluding diaryl/α,β-unsaturated/α-hetero) is 1. The lowest BCUT2D eigenvalue weighted by atomic mass is 9.85. The number of fused-ring (bicyclic) bond motifs is 2. The van der Waals surface area contributed by atoms with Crippen LogP contribution in [0, 0.1) is 11.8 Å². The number of carbonyl (C=O) groups excluding carboxylic acids is 4. The van der Waals surface area contributed by atoms with Crippen LogP contribution in [0.1, 0.15) is 40.5 Å². The van der Waals surface area contributed by atoms with Gasteiger partial charge >= 0.3 is 6.09 Å². The summed E-state index contributed by atoms with van der Waals surface area (Å²) >= 11 is 0. The van der Waals surface area contributed by atoms with Crippen LogP contribution in [0.3, 0.4) is 0 Å². The minimum atomic E-state index is -0.998. The molecular weight excluding hydrogens is 554 g/mol. The maximum Gasteiger partial charge on any atom is 0.405 e. The molecule has 0 radical (unpaired) electrons. The van der Waals surface area contributed by atoms with Crippen LogP contribution in [0.5, 0.6) is 0 Å². The molecule has 0 aromatic heterocycles. The number of carbonyl (C=O) groups is 4. The first kappa shape index (κ1) is 35.4. The fraction of sp³-hybridized carbons (Fsp3) is 0.500. The van der Waals surface area contributed by atoms with E-state index in [1.54, 1.807) is 45.1 Å². The van der Waals surface area contributed by atoms with Crippen molar-refractivity contribution in [2.45, 2.75) is 65.0 Å². The van der Waals surface area contributed by atoms with E-state index in [0.29, 0.717) is 12.0 Å². The third-order valence-corrected chi connectivity index (χ3v) is 7.59. The summed E-state index contributed by atoms with van der Waals surface area (Å²) in [5.41, 5.74) is 6.59. The Morgan fingerprint density at radius 3 is 2.47 bits per heavy atom. The number of allylic oxidation sites excluding steroid dienone is 4. The molecule has 11 heteroatoms. The summed E-state index contributed by atoms with van der Waals surface area (Å²) in [5, 5.41) is 14.2. The zero-order chi connectivity index (χ0) is 32.4. The predicted octanol–water partition coefficient (Wildman–Crippen LogP) is 2.88. The maximum absolute atomic E-state index is 13.8. The molecule has 0 aromatic rings. The number of ketones is 2. The van der Waals surface area contributed by atoms with E-state index in [1.165, 1.54) is 27.3 Å². The number of primary amides is 1. The minimum Gasteiger partial charge on any atom is -0.439 e. The van der Waals surface area contributed by atoms with Gasteiger partial charge in [-0.05, 0) is 38.2 Å². The summed E-state index contributed by atoms with van der Waals surface area (Å²) in [7, 11) is 4.37. The van der Waals surface area contributed by atoms with Gasteiger partial charge in [-0.1, -0.05) is 44.2 Å². The highest BCUT2D eigenvalue weighted by atomic mass is 16.6. The molecule has 43 heavy (non-hydrogen) atoms. The van der Waals surface area contributed by atoms with E-state index in [1.807, 2.05) is 6.92 Å². The molecule has 0 aromatic carbocycles. The number of amides is 2. The molecule has 2 aliphatic rings. The molecule has 0 saturated heterocycles. The molecule has 1 aliphatic heterocycles. The predicted molar refractivity (Wildman–Crippen MR) is 162 cm³/mol. The summed E-state index contributed by atoms with van der Waals surface area (Å²) in [6, 6.07) is 0. The topological polar surface area (TPSA) is 157 Å². The highest BCUT2D eigenvalue weighted by Crippen LogP contribution is 2.30. The molecule has 4 N–H and O–H groups in total. The van der Waals surface area contributed by atoms with Gasteiger partial charge in [-0.3, -0.25) is 14.4 Å². The molecule has 6 unspecified atom stereocenters. The van der Waals surface area contributed by atoms with E-state index in [4.69, 9.17) is 19.9 Å². The highest BCUT2D eigenvalue weighted by Gasteiger charge is 2.35. The number of ether oxygens (including phenoxy) is 3. The van der Waals surface area contributed by atoms with Crippen molar-refractivity contribution in [3.05, 3.63) is 71.1 Å². The molecule has 1 aliphatic carbocycles. The van der Waals surface area contributed by atoms with Crippen LogP contribution in [0.15, 0.2) is 71.1 Å². The van der Waals surface area contributed by atoms with Crippen molar-refractivity contribution in [2.24, 2.45) is 17.6 Å². The average Bonchev–Trinajstić information content (AvgIpc) is 2.96. The third kappa shape index (κ3) is 9.09. The monoisotopic (exact) mass is 599 g/mol. The summed E-state index contributed by atoms with van der Waals surface area (Å²) in [6.45, 7) is 11.0. The first-order valence-electron chi connectivity index (χ1n) is 14.2. The Labute approximate surface area is 253 Å². The molecular formula is C32H45N3O8. The van der Waals surface area contributed by atoms with Crippen LogP contribution in [-0.2, 0) is 28.6 Å². The zero-order valence-electron chi connectivity index (χ0n) is 26.1. The number of hydrogen-bond donors (Lipinski definition) is 3. The number of rotatable bonds is 6. The van der Waals surface area contributed by atoms with Gasteiger partial charge in [0.2, 0.25) is 11.6 Å². The van der Waals surface area contributed by atoms with Gasteiger partial charge in [0, 0.05) is 51.0 Å². The molecule has 0 fully saturated rings. The van der Waals surface area contributed by atoms with Crippen LogP contribution in [0.4, 0.5) is 4.79 Å². The van der Waals surface area contributed by atoms with Crippen molar-refractivity contribution in [1.29, 1.82) is 0 Å². The van der Waals surface area contributed by atoms with E-state index in [9.17, 15) is 24.3 Å². The number of aliphatic hydroxyl groups excluding tert-OH is 1. The average molecular weight is 600 g/mol. The molecule has 236 valence electrons. The second kappa shape index (κ2) is 16.2. The highest BCUT2D eigenvalue weighted by molar-refractivity contribution is 6.23. The summed E-state index contributed by atoms with van der Waals surface area (Å²) in [4.78, 5) is 53.2. The summed E-state index contributed by atoms with van der Waals surface area (Å²) < 4.78 is 16.6. The number of aliphatic hydroxyl groups is 1. The second-order valence-corrected chi connectivity index (χ2v) is 11.0. The quantitative estimate of drug-likeness (QED) is 0.308. The number of hydrogen-bond acceptors (Lipinski definition) is 9. The fourth-order valence-corrected chi connectivity index (χ4v) is 5.24. The van der Waals surface area contributed by atoms with Crippen molar-refractivity contribution in [1.82, 2.24) is 10.2 Å². The number of nitrogens with two attached hydrogens (primary N) is 1. The fourth-order valence-electron chi connectivity index (χ4n) is 5.24. The lowest BCUT2D eigenvalue weighted by Crippen LogP contribution is -2.38. The van der Waals surface area contributed by atoms with Gasteiger partial charge < -0.3 is 35.3 Å². The van der Waals surface area contributed by atoms with Gasteiger partial charge in [-0.2, -0.15) is 0 Å². The largest absolute Gasteiger partial charge is 0.439 e. The van der Waals surface area contributed by atoms with Crippen molar-refractivity contribution in [3.63, 3.8) is 0 Å². The zero-order valence-corrected chi connectivity index (χ0v) is 26.1. The normalized spacial score (nSPS) is 31.4. The smallest absolute Gasteiger partial charge is 0.405 e. The number of nitrogens with one attached hydrogen (secondary N) is 1. The van der Waals surface area contributed by atoms with E-state index in [2.05, 4.69) is 11.9 Å². The summed E-state index contributed by atoms with van der Waals surface area (Å²) in [6.07, 6.45) is 5.48. The first-order valence-corrected chi connectivity index (χ1v) is 14.2. The Morgan fingerprint density at radius 1 is 1.21 bits per heavy atom. The third-order valence-electron chi connectivity index (χ3n) is 7.59. The SMILES string of the molecule is C=CCNC1=C2CC(C)CC(OC)C(O)C(C)/C=C(\C)C(OC(N)=O)C(OC)/C=C\C=C(/C)C(=O)N(C)C(=CC1=O)C2=O. The van der Waals surface area contributed by atoms with E-state index >= 15 is 0 Å². The van der Waals surface area contributed by atoms with Gasteiger partial charge in [0.25, 0.3) is 5.91 Å². The lowest BCUT2D eigenvalue weighted by Gasteiger charge is -2.30. The Bertz CT molecular complexity index is 1240. The molecule has 1 heterocycles. The van der Waals surface area contributed by atoms with Crippen molar-refractivity contribution in [2.75, 3.05) is 27.8 Å². The molecule has 2 amide bonds. The number of methoxy groups -OCH3 is 2. The maximum atomic E-state index is 13.8. The van der Waals surface area contributed by atoms with Crippen molar-refractivity contribution < 1.29 is 38.5 Å². The van der Waals surface area contributed by atoms with Crippen LogP contribution < -0.4 is 11.1 Å². The Morgan fingerprint density at radius 2 is 1.88 bits per heavy atom. The number of nitrogens with zero attached hydrogens (tertiary/aromatic N) is 1. The molecule has 0 saturated carbocycles. The van der Waals surface area contributed by atoms with Gasteiger partial charge in [0.1, 0.15) is 6.10 Å². The van der Waals surface area contributed by atoms with Crippen LogP contribution >= 0.6 is 0 Å². The van der Waals surface area contributed by atoms with Gasteiger partial charge in [-0.25, -0.2) is 4.79 Å². The Kier molecular flexibility index (Phi) is 13.3. The Hall–Kier alpha value is -3.80. The van der Waals surface area contributed by atoms with Crippen LogP contribution in [0.2, 0.25) is 0 Å². The molecule has 2 bridgehead atoms. The molecule has 6 atom stereocenters. The number of likely N-dealkylation sites (N-methyl/N-ethyl adjacent to an activating group) is 1. The van der Waals surface area contributed by atoms with Gasteiger partial charge in [0.15, 0.2) is 6.10 Å². The minimum absolute atomic E-state index is 0.0440. The van der Waals surface area contributed by atoms with E-state index < -0.39 is 53.9 Å². The standard InChI is InChI=1S/C32H45N3O8/c1-9-13-34-27-22-14-18(2)15-26(42-8)28(37)20(4)16-21(5)30(43-32(33)40)25(41-7)12-10-11-19(3)31(39)35(6)23(29(22)38)17-24(27)36/h9-12,16-18,20,25-26,28,30,34,37H,1,13-15H2,2-8H3,(H2,33,40)/b12-10-,19-11+,21-16+. The van der Waals surface area contributed by atoms with Crippen molar-refractivity contribution >= 4 is 23.6 Å².